The predicted octanol–water partition coefficient (Wildman–Crippen LogP) is 3.68. The van der Waals surface area contributed by atoms with Crippen molar-refractivity contribution in [2.75, 3.05) is 0 Å². The minimum absolute atomic E-state index is 0.172. The molecule has 0 spiro atoms. The van der Waals surface area contributed by atoms with Gasteiger partial charge in [0.1, 0.15) is 28.6 Å². The van der Waals surface area contributed by atoms with Crippen molar-refractivity contribution in [3.63, 3.8) is 0 Å². The molecule has 0 saturated carbocycles. The lowest BCUT2D eigenvalue weighted by Gasteiger charge is -2.09. The highest BCUT2D eigenvalue weighted by Crippen LogP contribution is 2.31. The first-order valence-corrected chi connectivity index (χ1v) is 7.95. The fourth-order valence-corrected chi connectivity index (χ4v) is 2.56. The number of aromatic hydroxyl groups is 2. The van der Waals surface area contributed by atoms with E-state index in [1.807, 2.05) is 18.2 Å². The summed E-state index contributed by atoms with van der Waals surface area (Å²) in [6.07, 6.45) is 1.67. The number of hydrogen-bond acceptors (Lipinski definition) is 6. The first-order chi connectivity index (χ1) is 12.7. The molecular weight excluding hydrogens is 328 g/mol. The van der Waals surface area contributed by atoms with Crippen LogP contribution in [-0.2, 0) is 0 Å². The molecule has 126 valence electrons. The molecule has 4 rings (SSSR count). The minimum Gasteiger partial charge on any atom is -0.508 e. The van der Waals surface area contributed by atoms with Crippen molar-refractivity contribution in [2.24, 2.45) is 0 Å². The second-order valence-electron chi connectivity index (χ2n) is 5.64. The van der Waals surface area contributed by atoms with Crippen LogP contribution in [0, 0.1) is 0 Å². The zero-order valence-electron chi connectivity index (χ0n) is 13.6. The predicted molar refractivity (Wildman–Crippen MR) is 97.3 cm³/mol. The summed E-state index contributed by atoms with van der Waals surface area (Å²) in [6.45, 7) is 0. The van der Waals surface area contributed by atoms with Gasteiger partial charge in [-0.1, -0.05) is 6.07 Å². The van der Waals surface area contributed by atoms with E-state index in [1.54, 1.807) is 54.7 Å². The molecule has 0 atom stereocenters. The van der Waals surface area contributed by atoms with Gasteiger partial charge in [0, 0.05) is 17.3 Å². The Labute approximate surface area is 149 Å². The molecule has 0 aliphatic rings. The number of phenols is 2. The molecule has 0 unspecified atom stereocenters. The largest absolute Gasteiger partial charge is 0.508 e. The number of phenolic OH excluding ortho intramolecular Hbond substituents is 2. The summed E-state index contributed by atoms with van der Waals surface area (Å²) >= 11 is 0. The average molecular weight is 342 g/mol. The van der Waals surface area contributed by atoms with E-state index in [4.69, 9.17) is 0 Å². The van der Waals surface area contributed by atoms with E-state index in [0.717, 1.165) is 11.1 Å². The van der Waals surface area contributed by atoms with E-state index in [0.29, 0.717) is 22.9 Å². The Morgan fingerprint density at radius 3 is 1.81 bits per heavy atom. The zero-order valence-corrected chi connectivity index (χ0v) is 13.6. The van der Waals surface area contributed by atoms with Crippen LogP contribution in [0.15, 0.2) is 72.9 Å². The molecule has 26 heavy (non-hydrogen) atoms. The second kappa shape index (κ2) is 6.60. The highest BCUT2D eigenvalue weighted by Gasteiger charge is 2.15. The molecule has 2 heterocycles. The number of hydrogen-bond donors (Lipinski definition) is 2. The third-order valence-electron chi connectivity index (χ3n) is 3.86. The molecule has 0 saturated heterocycles. The van der Waals surface area contributed by atoms with Crippen LogP contribution in [0.5, 0.6) is 11.5 Å². The lowest BCUT2D eigenvalue weighted by molar-refractivity contribution is 0.475. The molecule has 2 N–H and O–H groups in total. The molecule has 6 heteroatoms. The van der Waals surface area contributed by atoms with Crippen LogP contribution in [0.1, 0.15) is 0 Å². The van der Waals surface area contributed by atoms with E-state index in [1.165, 1.54) is 0 Å². The lowest BCUT2D eigenvalue weighted by atomic mass is 10.0. The first-order valence-electron chi connectivity index (χ1n) is 7.95. The van der Waals surface area contributed by atoms with Crippen LogP contribution >= 0.6 is 0 Å². The molecular formula is C20H14N4O2. The van der Waals surface area contributed by atoms with Gasteiger partial charge in [0.25, 0.3) is 0 Å². The summed E-state index contributed by atoms with van der Waals surface area (Å²) in [5.74, 6) is 0.758. The molecule has 6 nitrogen and oxygen atoms in total. The Morgan fingerprint density at radius 2 is 1.23 bits per heavy atom. The summed E-state index contributed by atoms with van der Waals surface area (Å²) in [5.41, 5.74) is 3.38. The topological polar surface area (TPSA) is 92.0 Å². The maximum absolute atomic E-state index is 9.57. The Hall–Kier alpha value is -3.80. The highest BCUT2D eigenvalue weighted by atomic mass is 16.3. The van der Waals surface area contributed by atoms with E-state index in [-0.39, 0.29) is 11.5 Å². The van der Waals surface area contributed by atoms with Gasteiger partial charge in [-0.05, 0) is 60.7 Å². The van der Waals surface area contributed by atoms with Gasteiger partial charge in [0.05, 0.1) is 0 Å². The van der Waals surface area contributed by atoms with Gasteiger partial charge in [-0.25, -0.2) is 4.98 Å². The van der Waals surface area contributed by atoms with Crippen molar-refractivity contribution in [1.82, 2.24) is 20.2 Å². The van der Waals surface area contributed by atoms with Crippen LogP contribution in [0.3, 0.4) is 0 Å². The maximum Gasteiger partial charge on any atom is 0.201 e. The quantitative estimate of drug-likeness (QED) is 0.590. The smallest absolute Gasteiger partial charge is 0.201 e. The standard InChI is InChI=1S/C20H14N4O2/c25-15-8-4-13(5-9-15)18-19(14-6-10-16(26)11-7-14)23-24-20(22-18)17-3-1-2-12-21-17/h1-12,25-26H. The van der Waals surface area contributed by atoms with Crippen molar-refractivity contribution in [2.45, 2.75) is 0 Å². The van der Waals surface area contributed by atoms with Crippen molar-refractivity contribution in [3.8, 4) is 45.5 Å². The number of aromatic nitrogens is 4. The molecule has 2 aromatic carbocycles. The zero-order chi connectivity index (χ0) is 17.9. The van der Waals surface area contributed by atoms with Gasteiger partial charge in [-0.3, -0.25) is 4.98 Å². The fourth-order valence-electron chi connectivity index (χ4n) is 2.56. The van der Waals surface area contributed by atoms with Crippen LogP contribution in [0.4, 0.5) is 0 Å². The maximum atomic E-state index is 9.57. The molecule has 4 aromatic rings. The third-order valence-corrected chi connectivity index (χ3v) is 3.86. The SMILES string of the molecule is Oc1ccc(-c2nnc(-c3ccccn3)nc2-c2ccc(O)cc2)cc1. The van der Waals surface area contributed by atoms with Crippen LogP contribution < -0.4 is 0 Å². The molecule has 0 bridgehead atoms. The van der Waals surface area contributed by atoms with Crippen molar-refractivity contribution in [3.05, 3.63) is 72.9 Å². The van der Waals surface area contributed by atoms with Gasteiger partial charge >= 0.3 is 0 Å². The van der Waals surface area contributed by atoms with Gasteiger partial charge < -0.3 is 10.2 Å². The van der Waals surface area contributed by atoms with Crippen LogP contribution in [0.25, 0.3) is 34.0 Å². The van der Waals surface area contributed by atoms with E-state index in [9.17, 15) is 10.2 Å². The Kier molecular flexibility index (Phi) is 3.99. The summed E-state index contributed by atoms with van der Waals surface area (Å²) in [6, 6.07) is 18.9. The number of pyridine rings is 1. The van der Waals surface area contributed by atoms with Gasteiger partial charge in [-0.2, -0.15) is 0 Å². The molecule has 2 aromatic heterocycles. The monoisotopic (exact) mass is 342 g/mol. The molecule has 0 amide bonds. The van der Waals surface area contributed by atoms with Crippen molar-refractivity contribution >= 4 is 0 Å². The number of nitrogens with zero attached hydrogens (tertiary/aromatic N) is 4. The highest BCUT2D eigenvalue weighted by molar-refractivity contribution is 5.78. The Balaban J connectivity index is 1.90. The van der Waals surface area contributed by atoms with E-state index in [2.05, 4.69) is 20.2 Å². The van der Waals surface area contributed by atoms with Gasteiger partial charge in [0.2, 0.25) is 5.82 Å². The molecule has 0 radical (unpaired) electrons. The Morgan fingerprint density at radius 1 is 0.615 bits per heavy atom. The van der Waals surface area contributed by atoms with Crippen molar-refractivity contribution < 1.29 is 10.2 Å². The minimum atomic E-state index is 0.172. The normalized spacial score (nSPS) is 10.6. The molecule has 0 aliphatic carbocycles. The van der Waals surface area contributed by atoms with Crippen LogP contribution in [-0.4, -0.2) is 30.4 Å². The first kappa shape index (κ1) is 15.7. The van der Waals surface area contributed by atoms with Gasteiger partial charge in [-0.15, -0.1) is 10.2 Å². The number of rotatable bonds is 3. The van der Waals surface area contributed by atoms with E-state index < -0.39 is 0 Å². The third kappa shape index (κ3) is 3.08. The fraction of sp³-hybridized carbons (Fsp3) is 0. The molecule has 0 fully saturated rings. The summed E-state index contributed by atoms with van der Waals surface area (Å²) < 4.78 is 0. The average Bonchev–Trinajstić information content (AvgIpc) is 2.70. The lowest BCUT2D eigenvalue weighted by Crippen LogP contribution is -2.00. The molecule has 0 aliphatic heterocycles. The van der Waals surface area contributed by atoms with Crippen LogP contribution in [0.2, 0.25) is 0 Å². The summed E-state index contributed by atoms with van der Waals surface area (Å²) in [4.78, 5) is 8.94. The van der Waals surface area contributed by atoms with Crippen molar-refractivity contribution in [1.29, 1.82) is 0 Å². The Bertz CT molecular complexity index is 1030. The number of benzene rings is 2. The summed E-state index contributed by atoms with van der Waals surface area (Å²) in [7, 11) is 0. The van der Waals surface area contributed by atoms with E-state index >= 15 is 0 Å². The summed E-state index contributed by atoms with van der Waals surface area (Å²) in [5, 5.41) is 27.7. The second-order valence-corrected chi connectivity index (χ2v) is 5.64. The van der Waals surface area contributed by atoms with Gasteiger partial charge in [0.15, 0.2) is 0 Å².